The zero-order valence-corrected chi connectivity index (χ0v) is 5.69. The van der Waals surface area contributed by atoms with Gasteiger partial charge in [-0.15, -0.1) is 0 Å². The van der Waals surface area contributed by atoms with Gasteiger partial charge in [0.1, 0.15) is 0 Å². The Morgan fingerprint density at radius 3 is 2.25 bits per heavy atom. The summed E-state index contributed by atoms with van der Waals surface area (Å²) in [7, 11) is 0. The Hall–Kier alpha value is -0.460. The summed E-state index contributed by atoms with van der Waals surface area (Å²) in [5, 5.41) is 0. The van der Waals surface area contributed by atoms with E-state index in [1.54, 1.807) is 0 Å². The lowest BCUT2D eigenvalue weighted by Crippen LogP contribution is -1.96. The van der Waals surface area contributed by atoms with Gasteiger partial charge in [0.05, 0.1) is 11.9 Å². The molecular weight excluding hydrogens is 100 g/mol. The minimum absolute atomic E-state index is 0.426. The predicted octanol–water partition coefficient (Wildman–Crippen LogP) is 2.09. The van der Waals surface area contributed by atoms with Crippen molar-refractivity contribution in [3.8, 4) is 0 Å². The zero-order chi connectivity index (χ0) is 6.15. The molecule has 0 aliphatic carbocycles. The van der Waals surface area contributed by atoms with Crippen LogP contribution in [0.5, 0.6) is 0 Å². The first-order valence-corrected chi connectivity index (χ1v) is 3.03. The third-order valence-electron chi connectivity index (χ3n) is 1.57. The predicted molar refractivity (Wildman–Crippen MR) is 33.5 cm³/mol. The van der Waals surface area contributed by atoms with Crippen molar-refractivity contribution in [3.63, 3.8) is 0 Å². The average Bonchev–Trinajstić information content (AvgIpc) is 1.85. The molecule has 1 atom stereocenters. The topological polar surface area (TPSA) is 9.23 Å². The summed E-state index contributed by atoms with van der Waals surface area (Å²) in [6, 6.07) is 0. The fraction of sp³-hybridized carbons (Fsp3) is 0.714. The molecule has 0 radical (unpaired) electrons. The molecule has 0 aromatic rings. The van der Waals surface area contributed by atoms with Gasteiger partial charge in [0.25, 0.3) is 0 Å². The van der Waals surface area contributed by atoms with E-state index in [1.807, 2.05) is 6.92 Å². The molecule has 1 heteroatoms. The van der Waals surface area contributed by atoms with E-state index in [9.17, 15) is 0 Å². The minimum Gasteiger partial charge on any atom is -0.495 e. The molecule has 46 valence electrons. The lowest BCUT2D eigenvalue weighted by atomic mass is 10.2. The largest absolute Gasteiger partial charge is 0.495 e. The second-order valence-electron chi connectivity index (χ2n) is 2.47. The lowest BCUT2D eigenvalue weighted by Gasteiger charge is -2.01. The Kier molecular flexibility index (Phi) is 1.28. The van der Waals surface area contributed by atoms with Crippen molar-refractivity contribution in [2.45, 2.75) is 33.3 Å². The van der Waals surface area contributed by atoms with E-state index < -0.39 is 0 Å². The van der Waals surface area contributed by atoms with E-state index in [4.69, 9.17) is 4.74 Å². The van der Waals surface area contributed by atoms with Crippen LogP contribution >= 0.6 is 0 Å². The monoisotopic (exact) mass is 112 g/mol. The van der Waals surface area contributed by atoms with E-state index in [2.05, 4.69) is 13.8 Å². The molecular formula is C7H12O. The van der Waals surface area contributed by atoms with Gasteiger partial charge in [0, 0.05) is 6.42 Å². The summed E-state index contributed by atoms with van der Waals surface area (Å²) in [4.78, 5) is 0. The molecule has 1 rings (SSSR count). The molecule has 0 saturated carbocycles. The van der Waals surface area contributed by atoms with Gasteiger partial charge in [-0.1, -0.05) is 0 Å². The third kappa shape index (κ3) is 0.857. The van der Waals surface area contributed by atoms with Crippen molar-refractivity contribution in [2.75, 3.05) is 0 Å². The molecule has 1 aliphatic rings. The summed E-state index contributed by atoms with van der Waals surface area (Å²) < 4.78 is 5.35. The van der Waals surface area contributed by atoms with Crippen LogP contribution in [-0.4, -0.2) is 6.10 Å². The van der Waals surface area contributed by atoms with Crippen molar-refractivity contribution in [1.29, 1.82) is 0 Å². The molecule has 0 amide bonds. The first-order valence-electron chi connectivity index (χ1n) is 3.03. The maximum Gasteiger partial charge on any atom is 0.0992 e. The van der Waals surface area contributed by atoms with Gasteiger partial charge < -0.3 is 4.74 Å². The molecule has 0 aromatic heterocycles. The Bertz CT molecular complexity index is 110. The molecule has 0 aromatic carbocycles. The first-order chi connectivity index (χ1) is 3.70. The van der Waals surface area contributed by atoms with E-state index in [0.29, 0.717) is 6.10 Å². The zero-order valence-electron chi connectivity index (χ0n) is 5.69. The van der Waals surface area contributed by atoms with Crippen LogP contribution in [0, 0.1) is 0 Å². The second-order valence-corrected chi connectivity index (χ2v) is 2.47. The highest BCUT2D eigenvalue weighted by Crippen LogP contribution is 2.22. The highest BCUT2D eigenvalue weighted by Gasteiger charge is 2.14. The molecule has 1 nitrogen and oxygen atoms in total. The van der Waals surface area contributed by atoms with E-state index in [1.165, 1.54) is 5.57 Å². The summed E-state index contributed by atoms with van der Waals surface area (Å²) in [5.74, 6) is 1.12. The molecule has 1 heterocycles. The number of hydrogen-bond donors (Lipinski definition) is 0. The minimum atomic E-state index is 0.426. The Morgan fingerprint density at radius 2 is 2.12 bits per heavy atom. The average molecular weight is 112 g/mol. The van der Waals surface area contributed by atoms with Crippen molar-refractivity contribution < 1.29 is 4.74 Å². The second kappa shape index (κ2) is 1.81. The van der Waals surface area contributed by atoms with Crippen LogP contribution in [0.25, 0.3) is 0 Å². The number of allylic oxidation sites excluding steroid dienone is 1. The number of ether oxygens (including phenoxy) is 1. The fourth-order valence-electron chi connectivity index (χ4n) is 1.02. The van der Waals surface area contributed by atoms with Gasteiger partial charge in [-0.3, -0.25) is 0 Å². The lowest BCUT2D eigenvalue weighted by molar-refractivity contribution is 0.162. The van der Waals surface area contributed by atoms with Crippen LogP contribution in [0.2, 0.25) is 0 Å². The van der Waals surface area contributed by atoms with Gasteiger partial charge in [-0.05, 0) is 26.3 Å². The van der Waals surface area contributed by atoms with E-state index in [0.717, 1.165) is 12.2 Å². The van der Waals surface area contributed by atoms with Crippen LogP contribution in [0.3, 0.4) is 0 Å². The molecule has 0 fully saturated rings. The maximum atomic E-state index is 5.35. The summed E-state index contributed by atoms with van der Waals surface area (Å²) in [6.07, 6.45) is 1.54. The van der Waals surface area contributed by atoms with Crippen LogP contribution in [-0.2, 0) is 4.74 Å². The molecule has 0 N–H and O–H groups in total. The van der Waals surface area contributed by atoms with Gasteiger partial charge in [-0.2, -0.15) is 0 Å². The van der Waals surface area contributed by atoms with Crippen molar-refractivity contribution in [3.05, 3.63) is 11.3 Å². The molecule has 0 unspecified atom stereocenters. The molecule has 0 bridgehead atoms. The fourth-order valence-corrected chi connectivity index (χ4v) is 1.02. The summed E-state index contributed by atoms with van der Waals surface area (Å²) in [6.45, 7) is 6.25. The van der Waals surface area contributed by atoms with Crippen LogP contribution in [0.15, 0.2) is 11.3 Å². The van der Waals surface area contributed by atoms with Crippen molar-refractivity contribution in [2.24, 2.45) is 0 Å². The van der Waals surface area contributed by atoms with Crippen LogP contribution in [0.4, 0.5) is 0 Å². The number of rotatable bonds is 0. The first kappa shape index (κ1) is 5.67. The quantitative estimate of drug-likeness (QED) is 0.466. The highest BCUT2D eigenvalue weighted by atomic mass is 16.5. The van der Waals surface area contributed by atoms with Crippen molar-refractivity contribution in [1.82, 2.24) is 0 Å². The smallest absolute Gasteiger partial charge is 0.0992 e. The van der Waals surface area contributed by atoms with Gasteiger partial charge in [0.2, 0.25) is 0 Å². The van der Waals surface area contributed by atoms with Crippen LogP contribution < -0.4 is 0 Å². The summed E-state index contributed by atoms with van der Waals surface area (Å²) in [5.41, 5.74) is 1.40. The molecule has 1 aliphatic heterocycles. The van der Waals surface area contributed by atoms with Gasteiger partial charge in [-0.25, -0.2) is 0 Å². The molecule has 8 heavy (non-hydrogen) atoms. The standard InChI is InChI=1S/C7H12O/c1-5-4-6(2)8-7(5)3/h6H,4H2,1-3H3/t6-/m0/s1. The Labute approximate surface area is 50.3 Å². The van der Waals surface area contributed by atoms with E-state index in [-0.39, 0.29) is 0 Å². The summed E-state index contributed by atoms with van der Waals surface area (Å²) >= 11 is 0. The number of hydrogen-bond acceptors (Lipinski definition) is 1. The van der Waals surface area contributed by atoms with Gasteiger partial charge >= 0.3 is 0 Å². The normalized spacial score (nSPS) is 28.6. The van der Waals surface area contributed by atoms with E-state index >= 15 is 0 Å². The SMILES string of the molecule is CC1=C(C)O[C@@H](C)C1. The van der Waals surface area contributed by atoms with Crippen molar-refractivity contribution >= 4 is 0 Å². The molecule has 0 spiro atoms. The van der Waals surface area contributed by atoms with Crippen LogP contribution in [0.1, 0.15) is 27.2 Å². The highest BCUT2D eigenvalue weighted by molar-refractivity contribution is 5.09. The maximum absolute atomic E-state index is 5.35. The third-order valence-corrected chi connectivity index (χ3v) is 1.57. The Morgan fingerprint density at radius 1 is 1.50 bits per heavy atom. The molecule has 0 saturated heterocycles. The van der Waals surface area contributed by atoms with Gasteiger partial charge in [0.15, 0.2) is 0 Å². The Balaban J connectivity index is 2.60.